The number of aryl methyl sites for hydroxylation is 1. The molecule has 158 valence electrons. The molecule has 0 aliphatic heterocycles. The Morgan fingerprint density at radius 1 is 1.39 bits per heavy atom. The van der Waals surface area contributed by atoms with E-state index in [0.717, 1.165) is 47.6 Å². The summed E-state index contributed by atoms with van der Waals surface area (Å²) in [6, 6.07) is 5.83. The number of rotatable bonds is 5. The van der Waals surface area contributed by atoms with Crippen molar-refractivity contribution in [2.24, 2.45) is 5.11 Å². The minimum atomic E-state index is -0.595. The highest BCUT2D eigenvalue weighted by molar-refractivity contribution is 7.15. The van der Waals surface area contributed by atoms with Gasteiger partial charge in [-0.3, -0.25) is 4.79 Å². The van der Waals surface area contributed by atoms with Crippen LogP contribution >= 0.6 is 11.3 Å². The summed E-state index contributed by atoms with van der Waals surface area (Å²) < 4.78 is 7.02. The summed E-state index contributed by atoms with van der Waals surface area (Å²) in [5.74, 6) is -0.595. The Morgan fingerprint density at radius 2 is 2.23 bits per heavy atom. The lowest BCUT2D eigenvalue weighted by Crippen LogP contribution is -2.21. The van der Waals surface area contributed by atoms with Gasteiger partial charge < -0.3 is 9.30 Å². The van der Waals surface area contributed by atoms with Gasteiger partial charge in [0.2, 0.25) is 5.43 Å². The highest BCUT2D eigenvalue weighted by atomic mass is 32.1. The second kappa shape index (κ2) is 7.83. The lowest BCUT2D eigenvalue weighted by atomic mass is 9.95. The first-order chi connectivity index (χ1) is 15.1. The van der Waals surface area contributed by atoms with Gasteiger partial charge in [0, 0.05) is 22.0 Å². The Labute approximate surface area is 182 Å². The first kappa shape index (κ1) is 19.8. The Bertz CT molecular complexity index is 1300. The van der Waals surface area contributed by atoms with Crippen molar-refractivity contribution in [3.8, 4) is 10.6 Å². The van der Waals surface area contributed by atoms with Gasteiger partial charge in [0.15, 0.2) is 0 Å². The SMILES string of the molecule is CCOC(=O)c1cn(C2CC2)c2nc(-c3cc4c(s3)C(N=[N+]=[N-])CCC4)ccc2c1=O. The van der Waals surface area contributed by atoms with Gasteiger partial charge in [-0.25, -0.2) is 9.78 Å². The van der Waals surface area contributed by atoms with Gasteiger partial charge in [-0.1, -0.05) is 5.11 Å². The number of hydrogen-bond donors (Lipinski definition) is 0. The van der Waals surface area contributed by atoms with E-state index in [1.807, 2.05) is 10.6 Å². The molecule has 0 N–H and O–H groups in total. The molecule has 0 aromatic carbocycles. The number of esters is 1. The van der Waals surface area contributed by atoms with Gasteiger partial charge >= 0.3 is 5.97 Å². The first-order valence-corrected chi connectivity index (χ1v) is 11.3. The van der Waals surface area contributed by atoms with E-state index in [9.17, 15) is 9.59 Å². The number of carbonyl (C=O) groups is 1. The summed E-state index contributed by atoms with van der Waals surface area (Å²) in [5.41, 5.74) is 11.2. The van der Waals surface area contributed by atoms with Gasteiger partial charge in [0.1, 0.15) is 11.2 Å². The maximum Gasteiger partial charge on any atom is 0.343 e. The van der Waals surface area contributed by atoms with Crippen molar-refractivity contribution >= 4 is 28.3 Å². The second-order valence-electron chi connectivity index (χ2n) is 7.91. The van der Waals surface area contributed by atoms with Crippen molar-refractivity contribution in [2.45, 2.75) is 51.1 Å². The highest BCUT2D eigenvalue weighted by Crippen LogP contribution is 2.42. The lowest BCUT2D eigenvalue weighted by molar-refractivity contribution is 0.0524. The van der Waals surface area contributed by atoms with Crippen LogP contribution in [-0.2, 0) is 11.2 Å². The standard InChI is InChI=1S/C22H21N5O3S/c1-2-30-22(29)15-11-27(13-6-7-13)21-14(19(15)28)8-9-16(24-21)18-10-12-4-3-5-17(25-26-23)20(12)31-18/h8-11,13,17H,2-7H2,1H3. The van der Waals surface area contributed by atoms with Gasteiger partial charge in [-0.15, -0.1) is 11.3 Å². The molecular formula is C22H21N5O3S. The van der Waals surface area contributed by atoms with E-state index in [1.165, 1.54) is 5.56 Å². The minimum absolute atomic E-state index is 0.0552. The number of hydrogen-bond acceptors (Lipinski definition) is 6. The number of aromatic nitrogens is 2. The molecule has 0 amide bonds. The Balaban J connectivity index is 1.64. The molecule has 2 aliphatic carbocycles. The minimum Gasteiger partial charge on any atom is -0.462 e. The monoisotopic (exact) mass is 435 g/mol. The molecule has 31 heavy (non-hydrogen) atoms. The molecule has 0 saturated heterocycles. The van der Waals surface area contributed by atoms with E-state index in [0.29, 0.717) is 11.0 Å². The van der Waals surface area contributed by atoms with Crippen LogP contribution in [0.4, 0.5) is 0 Å². The molecule has 0 radical (unpaired) electrons. The molecule has 9 heteroatoms. The van der Waals surface area contributed by atoms with Crippen LogP contribution < -0.4 is 5.43 Å². The molecular weight excluding hydrogens is 414 g/mol. The lowest BCUT2D eigenvalue weighted by Gasteiger charge is -2.16. The third kappa shape index (κ3) is 3.49. The number of nitrogens with zero attached hydrogens (tertiary/aromatic N) is 5. The molecule has 1 unspecified atom stereocenters. The van der Waals surface area contributed by atoms with E-state index in [2.05, 4.69) is 16.1 Å². The van der Waals surface area contributed by atoms with E-state index >= 15 is 0 Å². The van der Waals surface area contributed by atoms with Crippen LogP contribution in [0.2, 0.25) is 0 Å². The van der Waals surface area contributed by atoms with Crippen LogP contribution in [-0.4, -0.2) is 22.1 Å². The molecule has 0 bridgehead atoms. The molecule has 1 atom stereocenters. The Morgan fingerprint density at radius 3 is 2.97 bits per heavy atom. The van der Waals surface area contributed by atoms with Gasteiger partial charge in [0.05, 0.1) is 28.6 Å². The Kier molecular flexibility index (Phi) is 5.00. The highest BCUT2D eigenvalue weighted by Gasteiger charge is 2.28. The van der Waals surface area contributed by atoms with Crippen LogP contribution in [0.1, 0.15) is 65.5 Å². The van der Waals surface area contributed by atoms with E-state index in [-0.39, 0.29) is 29.7 Å². The van der Waals surface area contributed by atoms with E-state index in [1.54, 1.807) is 30.5 Å². The fourth-order valence-electron chi connectivity index (χ4n) is 4.18. The number of carbonyl (C=O) groups excluding carboxylic acids is 1. The zero-order valence-electron chi connectivity index (χ0n) is 17.1. The topological polar surface area (TPSA) is 110 Å². The van der Waals surface area contributed by atoms with E-state index < -0.39 is 5.97 Å². The maximum absolute atomic E-state index is 13.0. The zero-order chi connectivity index (χ0) is 21.5. The molecule has 0 spiro atoms. The number of pyridine rings is 2. The smallest absolute Gasteiger partial charge is 0.343 e. The molecule has 8 nitrogen and oxygen atoms in total. The fourth-order valence-corrected chi connectivity index (χ4v) is 5.43. The largest absolute Gasteiger partial charge is 0.462 e. The van der Waals surface area contributed by atoms with Gasteiger partial charge in [0.25, 0.3) is 0 Å². The zero-order valence-corrected chi connectivity index (χ0v) is 17.9. The van der Waals surface area contributed by atoms with Crippen LogP contribution in [0.15, 0.2) is 34.3 Å². The normalized spacial score (nSPS) is 17.8. The van der Waals surface area contributed by atoms with Crippen LogP contribution in [0.5, 0.6) is 0 Å². The average molecular weight is 436 g/mol. The summed E-state index contributed by atoms with van der Waals surface area (Å²) >= 11 is 1.60. The molecule has 2 aliphatic rings. The third-order valence-corrected chi connectivity index (χ3v) is 7.13. The summed E-state index contributed by atoms with van der Waals surface area (Å²) in [7, 11) is 0. The van der Waals surface area contributed by atoms with Crippen molar-refractivity contribution in [1.29, 1.82) is 0 Å². The number of ether oxygens (including phenoxy) is 1. The van der Waals surface area contributed by atoms with Crippen molar-refractivity contribution in [3.63, 3.8) is 0 Å². The molecule has 1 fully saturated rings. The average Bonchev–Trinajstić information content (AvgIpc) is 3.52. The molecule has 1 saturated carbocycles. The fraction of sp³-hybridized carbons (Fsp3) is 0.409. The van der Waals surface area contributed by atoms with Crippen molar-refractivity contribution in [1.82, 2.24) is 9.55 Å². The van der Waals surface area contributed by atoms with Crippen LogP contribution in [0.25, 0.3) is 32.0 Å². The van der Waals surface area contributed by atoms with Crippen molar-refractivity contribution in [2.75, 3.05) is 6.61 Å². The van der Waals surface area contributed by atoms with Crippen molar-refractivity contribution < 1.29 is 9.53 Å². The predicted molar refractivity (Wildman–Crippen MR) is 118 cm³/mol. The van der Waals surface area contributed by atoms with Gasteiger partial charge in [-0.2, -0.15) is 0 Å². The number of fused-ring (bicyclic) bond motifs is 2. The summed E-state index contributed by atoms with van der Waals surface area (Å²) in [5, 5.41) is 4.39. The first-order valence-electron chi connectivity index (χ1n) is 10.5. The summed E-state index contributed by atoms with van der Waals surface area (Å²) in [4.78, 5) is 35.2. The molecule has 3 aromatic rings. The molecule has 5 rings (SSSR count). The molecule has 3 aromatic heterocycles. The number of azide groups is 1. The third-order valence-electron chi connectivity index (χ3n) is 5.82. The summed E-state index contributed by atoms with van der Waals surface area (Å²) in [6.45, 7) is 1.94. The number of thiophene rings is 1. The quantitative estimate of drug-likeness (QED) is 0.234. The maximum atomic E-state index is 13.0. The van der Waals surface area contributed by atoms with Crippen molar-refractivity contribution in [3.05, 3.63) is 61.1 Å². The summed E-state index contributed by atoms with van der Waals surface area (Å²) in [6.07, 6.45) is 6.41. The van der Waals surface area contributed by atoms with E-state index in [4.69, 9.17) is 15.3 Å². The van der Waals surface area contributed by atoms with Crippen LogP contribution in [0.3, 0.4) is 0 Å². The Hall–Kier alpha value is -3.16. The van der Waals surface area contributed by atoms with Gasteiger partial charge in [-0.05, 0) is 68.3 Å². The predicted octanol–water partition coefficient (Wildman–Crippen LogP) is 5.32. The van der Waals surface area contributed by atoms with Crippen LogP contribution in [0, 0.1) is 0 Å². The molecule has 3 heterocycles. The second-order valence-corrected chi connectivity index (χ2v) is 9.00.